The maximum atomic E-state index is 10.8. The van der Waals surface area contributed by atoms with Gasteiger partial charge in [0.25, 0.3) is 0 Å². The highest BCUT2D eigenvalue weighted by molar-refractivity contribution is 5.87. The van der Waals surface area contributed by atoms with E-state index in [1.165, 1.54) is 6.08 Å². The summed E-state index contributed by atoms with van der Waals surface area (Å²) in [6.07, 6.45) is 6.28. The minimum Gasteiger partial charge on any atom is -0.478 e. The molecule has 3 nitrogen and oxygen atoms in total. The van der Waals surface area contributed by atoms with Crippen LogP contribution in [0.5, 0.6) is 0 Å². The Balaban J connectivity index is 3.19. The molecule has 0 heterocycles. The molecule has 0 fully saturated rings. The highest BCUT2D eigenvalue weighted by Gasteiger charge is 2.15. The standard InChI is InChI=1S/C18H27NO2/c1-5-7-12-19(15(4)6-2)17-10-8-14(3)13-16(17)9-11-18(20)21/h8-11,13,15H,5-7,12H2,1-4H3,(H,20,21)/b11-9+. The Bertz CT molecular complexity index is 494. The lowest BCUT2D eigenvalue weighted by Crippen LogP contribution is -2.34. The molecule has 1 atom stereocenters. The number of nitrogens with zero attached hydrogens (tertiary/aromatic N) is 1. The number of aryl methyl sites for hydroxylation is 1. The molecule has 0 saturated carbocycles. The number of rotatable bonds is 8. The Morgan fingerprint density at radius 2 is 2.10 bits per heavy atom. The van der Waals surface area contributed by atoms with Gasteiger partial charge in [0.05, 0.1) is 0 Å². The first kappa shape index (κ1) is 17.3. The molecule has 0 saturated heterocycles. The van der Waals surface area contributed by atoms with Gasteiger partial charge in [-0.15, -0.1) is 0 Å². The molecule has 0 bridgehead atoms. The van der Waals surface area contributed by atoms with Crippen LogP contribution >= 0.6 is 0 Å². The van der Waals surface area contributed by atoms with E-state index in [1.54, 1.807) is 6.08 Å². The monoisotopic (exact) mass is 289 g/mol. The van der Waals surface area contributed by atoms with E-state index in [0.29, 0.717) is 6.04 Å². The fourth-order valence-corrected chi connectivity index (χ4v) is 2.36. The molecule has 3 heteroatoms. The van der Waals surface area contributed by atoms with Gasteiger partial charge in [0.2, 0.25) is 0 Å². The van der Waals surface area contributed by atoms with Crippen molar-refractivity contribution in [3.05, 3.63) is 35.4 Å². The Kier molecular flexibility index (Phi) is 7.00. The van der Waals surface area contributed by atoms with Crippen molar-refractivity contribution in [1.82, 2.24) is 0 Å². The number of carboxylic acids is 1. The molecule has 1 rings (SSSR count). The van der Waals surface area contributed by atoms with Crippen LogP contribution < -0.4 is 4.90 Å². The average Bonchev–Trinajstić information content (AvgIpc) is 2.46. The second-order valence-corrected chi connectivity index (χ2v) is 5.54. The third-order valence-corrected chi connectivity index (χ3v) is 3.77. The maximum Gasteiger partial charge on any atom is 0.328 e. The first-order valence-electron chi connectivity index (χ1n) is 7.77. The number of carbonyl (C=O) groups is 1. The zero-order chi connectivity index (χ0) is 15.8. The Labute approximate surface area is 128 Å². The van der Waals surface area contributed by atoms with E-state index in [2.05, 4.69) is 43.9 Å². The van der Waals surface area contributed by atoms with Crippen molar-refractivity contribution in [3.63, 3.8) is 0 Å². The van der Waals surface area contributed by atoms with Crippen molar-refractivity contribution in [2.45, 2.75) is 53.0 Å². The fraction of sp³-hybridized carbons (Fsp3) is 0.500. The highest BCUT2D eigenvalue weighted by atomic mass is 16.4. The number of hydrogen-bond donors (Lipinski definition) is 1. The minimum absolute atomic E-state index is 0.441. The molecule has 1 aromatic carbocycles. The normalized spacial score (nSPS) is 12.6. The molecule has 0 aromatic heterocycles. The summed E-state index contributed by atoms with van der Waals surface area (Å²) >= 11 is 0. The number of anilines is 1. The summed E-state index contributed by atoms with van der Waals surface area (Å²) in [6, 6.07) is 6.69. The number of carboxylic acid groups (broad SMARTS) is 1. The van der Waals surface area contributed by atoms with Crippen molar-refractivity contribution < 1.29 is 9.90 Å². The summed E-state index contributed by atoms with van der Waals surface area (Å²) in [5.74, 6) is -0.911. The van der Waals surface area contributed by atoms with Gasteiger partial charge in [-0.25, -0.2) is 4.79 Å². The van der Waals surface area contributed by atoms with Crippen LogP contribution in [0, 0.1) is 6.92 Å². The van der Waals surface area contributed by atoms with Crippen molar-refractivity contribution in [2.75, 3.05) is 11.4 Å². The van der Waals surface area contributed by atoms with Gasteiger partial charge in [-0.1, -0.05) is 31.9 Å². The average molecular weight is 289 g/mol. The number of hydrogen-bond acceptors (Lipinski definition) is 2. The van der Waals surface area contributed by atoms with Gasteiger partial charge < -0.3 is 10.0 Å². The SMILES string of the molecule is CCCCN(c1ccc(C)cc1/C=C/C(=O)O)C(C)CC. The summed E-state index contributed by atoms with van der Waals surface area (Å²) in [7, 11) is 0. The Hall–Kier alpha value is -1.77. The first-order chi connectivity index (χ1) is 9.99. The van der Waals surface area contributed by atoms with Gasteiger partial charge >= 0.3 is 5.97 Å². The third-order valence-electron chi connectivity index (χ3n) is 3.77. The molecule has 116 valence electrons. The second kappa shape index (κ2) is 8.50. The molecule has 1 aromatic rings. The largest absolute Gasteiger partial charge is 0.478 e. The smallest absolute Gasteiger partial charge is 0.328 e. The van der Waals surface area contributed by atoms with Crippen molar-refractivity contribution in [1.29, 1.82) is 0 Å². The summed E-state index contributed by atoms with van der Waals surface area (Å²) in [4.78, 5) is 13.2. The van der Waals surface area contributed by atoms with Crippen LogP contribution in [0.1, 0.15) is 51.2 Å². The van der Waals surface area contributed by atoms with Gasteiger partial charge in [0, 0.05) is 24.4 Å². The zero-order valence-electron chi connectivity index (χ0n) is 13.6. The van der Waals surface area contributed by atoms with E-state index in [0.717, 1.165) is 42.6 Å². The van der Waals surface area contributed by atoms with Crippen LogP contribution in [-0.4, -0.2) is 23.7 Å². The molecule has 0 amide bonds. The van der Waals surface area contributed by atoms with Gasteiger partial charge in [0.1, 0.15) is 0 Å². The summed E-state index contributed by atoms with van der Waals surface area (Å²) in [5, 5.41) is 8.87. The first-order valence-corrected chi connectivity index (χ1v) is 7.77. The molecular weight excluding hydrogens is 262 g/mol. The van der Waals surface area contributed by atoms with Crippen LogP contribution in [0.2, 0.25) is 0 Å². The predicted molar refractivity (Wildman–Crippen MR) is 89.9 cm³/mol. The number of aliphatic carboxylic acids is 1. The van der Waals surface area contributed by atoms with Crippen LogP contribution in [0.4, 0.5) is 5.69 Å². The van der Waals surface area contributed by atoms with Crippen LogP contribution in [0.15, 0.2) is 24.3 Å². The van der Waals surface area contributed by atoms with E-state index < -0.39 is 5.97 Å². The van der Waals surface area contributed by atoms with Gasteiger partial charge in [-0.3, -0.25) is 0 Å². The molecule has 0 aliphatic rings. The zero-order valence-corrected chi connectivity index (χ0v) is 13.6. The Morgan fingerprint density at radius 3 is 2.67 bits per heavy atom. The molecule has 1 N–H and O–H groups in total. The van der Waals surface area contributed by atoms with Crippen LogP contribution in [0.3, 0.4) is 0 Å². The second-order valence-electron chi connectivity index (χ2n) is 5.54. The Morgan fingerprint density at radius 1 is 1.38 bits per heavy atom. The van der Waals surface area contributed by atoms with E-state index in [1.807, 2.05) is 6.92 Å². The number of benzene rings is 1. The molecule has 0 radical (unpaired) electrons. The molecule has 0 aliphatic carbocycles. The van der Waals surface area contributed by atoms with E-state index in [9.17, 15) is 4.79 Å². The number of unbranched alkanes of at least 4 members (excludes halogenated alkanes) is 1. The topological polar surface area (TPSA) is 40.5 Å². The van der Waals surface area contributed by atoms with E-state index >= 15 is 0 Å². The van der Waals surface area contributed by atoms with Crippen LogP contribution in [-0.2, 0) is 4.79 Å². The lowest BCUT2D eigenvalue weighted by Gasteiger charge is -2.32. The molecule has 1 unspecified atom stereocenters. The quantitative estimate of drug-likeness (QED) is 0.716. The highest BCUT2D eigenvalue weighted by Crippen LogP contribution is 2.26. The lowest BCUT2D eigenvalue weighted by molar-refractivity contribution is -0.131. The maximum absolute atomic E-state index is 10.8. The molecular formula is C18H27NO2. The molecule has 21 heavy (non-hydrogen) atoms. The lowest BCUT2D eigenvalue weighted by atomic mass is 10.0. The van der Waals surface area contributed by atoms with Gasteiger partial charge in [-0.2, -0.15) is 0 Å². The predicted octanol–water partition coefficient (Wildman–Crippen LogP) is 4.50. The van der Waals surface area contributed by atoms with Gasteiger partial charge in [-0.05, 0) is 50.5 Å². The van der Waals surface area contributed by atoms with Crippen LogP contribution in [0.25, 0.3) is 6.08 Å². The molecule has 0 aliphatic heterocycles. The fourth-order valence-electron chi connectivity index (χ4n) is 2.36. The molecule has 0 spiro atoms. The third kappa shape index (κ3) is 5.25. The van der Waals surface area contributed by atoms with Gasteiger partial charge in [0.15, 0.2) is 0 Å². The summed E-state index contributed by atoms with van der Waals surface area (Å²) in [5.41, 5.74) is 3.25. The van der Waals surface area contributed by atoms with Crippen molar-refractivity contribution >= 4 is 17.7 Å². The van der Waals surface area contributed by atoms with Crippen molar-refractivity contribution in [2.24, 2.45) is 0 Å². The van der Waals surface area contributed by atoms with Crippen molar-refractivity contribution in [3.8, 4) is 0 Å². The minimum atomic E-state index is -0.911. The van der Waals surface area contributed by atoms with E-state index in [-0.39, 0.29) is 0 Å². The van der Waals surface area contributed by atoms with E-state index in [4.69, 9.17) is 5.11 Å². The summed E-state index contributed by atoms with van der Waals surface area (Å²) < 4.78 is 0. The summed E-state index contributed by atoms with van der Waals surface area (Å²) in [6.45, 7) is 9.63.